The number of Topliss-reactive ketones (excluding diaryl/α,β-unsaturated/α-hetero) is 2. The van der Waals surface area contributed by atoms with Gasteiger partial charge in [0.25, 0.3) is 0 Å². The van der Waals surface area contributed by atoms with E-state index < -0.39 is 11.8 Å². The summed E-state index contributed by atoms with van der Waals surface area (Å²) in [5.74, 6) is -1.01. The molecule has 0 aromatic heterocycles. The largest absolute Gasteiger partial charge is 0.294 e. The summed E-state index contributed by atoms with van der Waals surface area (Å²) in [6.07, 6.45) is 0. The second kappa shape index (κ2) is 7.42. The van der Waals surface area contributed by atoms with Gasteiger partial charge in [0.2, 0.25) is 0 Å². The molecule has 3 aliphatic carbocycles. The maximum Gasteiger partial charge on any atom is 0.167 e. The highest BCUT2D eigenvalue weighted by Gasteiger charge is 2.54. The van der Waals surface area contributed by atoms with Crippen molar-refractivity contribution in [2.24, 2.45) is 11.8 Å². The Bertz CT molecular complexity index is 1170. The number of ketones is 2. The van der Waals surface area contributed by atoms with Crippen LogP contribution in [0.15, 0.2) is 109 Å². The molecule has 0 spiro atoms. The lowest BCUT2D eigenvalue weighted by Crippen LogP contribution is -2.47. The van der Waals surface area contributed by atoms with E-state index in [1.54, 1.807) is 0 Å². The molecular weight excluding hydrogens is 392 g/mol. The van der Waals surface area contributed by atoms with Crippen LogP contribution in [0.2, 0.25) is 0 Å². The van der Waals surface area contributed by atoms with Gasteiger partial charge in [0, 0.05) is 34.8 Å². The van der Waals surface area contributed by atoms with Gasteiger partial charge >= 0.3 is 0 Å². The van der Waals surface area contributed by atoms with E-state index >= 15 is 0 Å². The molecule has 2 heteroatoms. The fourth-order valence-electron chi connectivity index (χ4n) is 5.90. The van der Waals surface area contributed by atoms with Crippen molar-refractivity contribution in [3.63, 3.8) is 0 Å². The Morgan fingerprint density at radius 3 is 1.00 bits per heavy atom. The van der Waals surface area contributed by atoms with Crippen LogP contribution in [0.4, 0.5) is 0 Å². The zero-order valence-electron chi connectivity index (χ0n) is 17.5. The Kier molecular flexibility index (Phi) is 4.39. The molecule has 0 saturated heterocycles. The third-order valence-electron chi connectivity index (χ3n) is 7.16. The molecule has 154 valence electrons. The fourth-order valence-corrected chi connectivity index (χ4v) is 5.90. The van der Waals surface area contributed by atoms with E-state index in [9.17, 15) is 9.59 Å². The molecule has 32 heavy (non-hydrogen) atoms. The van der Waals surface area contributed by atoms with Crippen molar-refractivity contribution in [1.82, 2.24) is 0 Å². The number of hydrogen-bond donors (Lipinski definition) is 0. The molecule has 0 fully saturated rings. The normalized spacial score (nSPS) is 22.6. The molecule has 0 radical (unpaired) electrons. The molecule has 0 unspecified atom stereocenters. The van der Waals surface area contributed by atoms with Gasteiger partial charge in [0.15, 0.2) is 11.6 Å². The quantitative estimate of drug-likeness (QED) is 0.369. The van der Waals surface area contributed by atoms with Crippen LogP contribution in [0.25, 0.3) is 0 Å². The third kappa shape index (κ3) is 2.73. The molecule has 0 aliphatic heterocycles. The van der Waals surface area contributed by atoms with E-state index in [-0.39, 0.29) is 23.4 Å². The number of carbonyl (C=O) groups is 2. The lowest BCUT2D eigenvalue weighted by atomic mass is 9.51. The van der Waals surface area contributed by atoms with Crippen LogP contribution in [0.1, 0.15) is 54.8 Å². The number of rotatable bonds is 4. The van der Waals surface area contributed by atoms with Crippen molar-refractivity contribution in [3.05, 3.63) is 143 Å². The fraction of sp³-hybridized carbons (Fsp3) is 0.133. The van der Waals surface area contributed by atoms with Gasteiger partial charge in [0.1, 0.15) is 0 Å². The highest BCUT2D eigenvalue weighted by atomic mass is 16.1. The van der Waals surface area contributed by atoms with Crippen LogP contribution in [-0.4, -0.2) is 11.6 Å². The van der Waals surface area contributed by atoms with E-state index in [2.05, 4.69) is 24.3 Å². The van der Waals surface area contributed by atoms with E-state index in [0.29, 0.717) is 11.1 Å². The van der Waals surface area contributed by atoms with Crippen molar-refractivity contribution in [2.75, 3.05) is 0 Å². The van der Waals surface area contributed by atoms with Crippen molar-refractivity contribution < 1.29 is 9.59 Å². The maximum atomic E-state index is 14.0. The third-order valence-corrected chi connectivity index (χ3v) is 7.16. The SMILES string of the molecule is O=C(c1ccccc1)[C@@H]1C2c3ccccc3C(c3ccccc32)[C@H]1C(=O)c1ccccc1. The lowest BCUT2D eigenvalue weighted by Gasteiger charge is -2.49. The van der Waals surface area contributed by atoms with E-state index in [0.717, 1.165) is 0 Å². The van der Waals surface area contributed by atoms with Gasteiger partial charge in [-0.25, -0.2) is 0 Å². The summed E-state index contributed by atoms with van der Waals surface area (Å²) in [6, 6.07) is 35.6. The number of fused-ring (bicyclic) bond motifs is 1. The van der Waals surface area contributed by atoms with Gasteiger partial charge in [-0.1, -0.05) is 109 Å². The van der Waals surface area contributed by atoms with Crippen molar-refractivity contribution >= 4 is 11.6 Å². The first-order valence-electron chi connectivity index (χ1n) is 11.1. The number of hydrogen-bond acceptors (Lipinski definition) is 2. The standard InChI is InChI=1S/C30H22O2/c31-29(19-11-3-1-4-12-19)27-25-21-15-7-9-17-23(21)26(24-18-10-8-16-22(24)25)28(27)30(32)20-13-5-2-6-14-20/h1-18,25-28H/t25?,26?,27-,28-/m1/s1. The van der Waals surface area contributed by atoms with Gasteiger partial charge < -0.3 is 0 Å². The predicted molar refractivity (Wildman–Crippen MR) is 125 cm³/mol. The molecule has 2 nitrogen and oxygen atoms in total. The van der Waals surface area contributed by atoms with Crippen LogP contribution >= 0.6 is 0 Å². The molecule has 4 aromatic carbocycles. The molecule has 3 aliphatic rings. The summed E-state index contributed by atoms with van der Waals surface area (Å²) in [5, 5.41) is 0. The van der Waals surface area contributed by atoms with E-state index in [4.69, 9.17) is 0 Å². The minimum absolute atomic E-state index is 0.0545. The summed E-state index contributed by atoms with van der Waals surface area (Å²) >= 11 is 0. The zero-order chi connectivity index (χ0) is 21.7. The second-order valence-corrected chi connectivity index (χ2v) is 8.73. The molecular formula is C30H22O2. The number of benzene rings is 4. The molecule has 0 N–H and O–H groups in total. The second-order valence-electron chi connectivity index (χ2n) is 8.73. The van der Waals surface area contributed by atoms with Crippen molar-refractivity contribution in [2.45, 2.75) is 11.8 Å². The van der Waals surface area contributed by atoms with E-state index in [1.165, 1.54) is 22.3 Å². The van der Waals surface area contributed by atoms with E-state index in [1.807, 2.05) is 84.9 Å². The monoisotopic (exact) mass is 414 g/mol. The Balaban J connectivity index is 1.61. The van der Waals surface area contributed by atoms with Crippen LogP contribution in [-0.2, 0) is 0 Å². The molecule has 0 amide bonds. The van der Waals surface area contributed by atoms with Crippen LogP contribution < -0.4 is 0 Å². The number of carbonyl (C=O) groups excluding carboxylic acids is 2. The summed E-state index contributed by atoms with van der Waals surface area (Å²) in [6.45, 7) is 0. The molecule has 2 bridgehead atoms. The maximum absolute atomic E-state index is 14.0. The average molecular weight is 415 g/mol. The lowest BCUT2D eigenvalue weighted by molar-refractivity contribution is 0.0697. The summed E-state index contributed by atoms with van der Waals surface area (Å²) in [4.78, 5) is 28.0. The Morgan fingerprint density at radius 1 is 0.406 bits per heavy atom. The predicted octanol–water partition coefficient (Wildman–Crippen LogP) is 6.28. The summed E-state index contributed by atoms with van der Waals surface area (Å²) in [7, 11) is 0. The minimum Gasteiger partial charge on any atom is -0.294 e. The van der Waals surface area contributed by atoms with Gasteiger partial charge in [-0.3, -0.25) is 9.59 Å². The Labute approximate surface area is 187 Å². The Hall–Kier alpha value is -3.78. The molecule has 7 rings (SSSR count). The highest BCUT2D eigenvalue weighted by Crippen LogP contribution is 2.59. The Morgan fingerprint density at radius 2 is 0.688 bits per heavy atom. The summed E-state index contributed by atoms with van der Waals surface area (Å²) < 4.78 is 0. The van der Waals surface area contributed by atoms with Gasteiger partial charge in [-0.05, 0) is 22.3 Å². The van der Waals surface area contributed by atoms with Crippen LogP contribution in [0.3, 0.4) is 0 Å². The average Bonchev–Trinajstić information content (AvgIpc) is 2.88. The zero-order valence-corrected chi connectivity index (χ0v) is 17.5. The highest BCUT2D eigenvalue weighted by molar-refractivity contribution is 6.07. The molecule has 2 atom stereocenters. The van der Waals surface area contributed by atoms with Crippen LogP contribution in [0, 0.1) is 11.8 Å². The minimum atomic E-state index is -0.431. The molecule has 4 aromatic rings. The van der Waals surface area contributed by atoms with Gasteiger partial charge in [-0.2, -0.15) is 0 Å². The first-order valence-corrected chi connectivity index (χ1v) is 11.1. The summed E-state index contributed by atoms with van der Waals surface area (Å²) in [5.41, 5.74) is 6.08. The topological polar surface area (TPSA) is 34.1 Å². The van der Waals surface area contributed by atoms with Gasteiger partial charge in [-0.15, -0.1) is 0 Å². The molecule has 0 saturated carbocycles. The smallest absolute Gasteiger partial charge is 0.167 e. The van der Waals surface area contributed by atoms with Crippen LogP contribution in [0.5, 0.6) is 0 Å². The van der Waals surface area contributed by atoms with Gasteiger partial charge in [0.05, 0.1) is 0 Å². The van der Waals surface area contributed by atoms with Crippen molar-refractivity contribution in [3.8, 4) is 0 Å². The first-order chi connectivity index (χ1) is 15.8. The van der Waals surface area contributed by atoms with Crippen molar-refractivity contribution in [1.29, 1.82) is 0 Å². The molecule has 0 heterocycles. The first kappa shape index (κ1) is 18.9.